The number of methoxy groups -OCH3 is 1. The Labute approximate surface area is 263 Å². The Morgan fingerprint density at radius 3 is 2.61 bits per heavy atom. The monoisotopic (exact) mass is 638 g/mol. The summed E-state index contributed by atoms with van der Waals surface area (Å²) in [4.78, 5) is 29.5. The Morgan fingerprint density at radius 1 is 1.13 bits per heavy atom. The molecule has 2 aliphatic carbocycles. The first kappa shape index (κ1) is 31.0. The predicted molar refractivity (Wildman–Crippen MR) is 153 cm³/mol. The summed E-state index contributed by atoms with van der Waals surface area (Å²) in [7, 11) is 1.34. The molecule has 46 heavy (non-hydrogen) atoms. The zero-order chi connectivity index (χ0) is 32.7. The van der Waals surface area contributed by atoms with Crippen LogP contribution >= 0.6 is 0 Å². The minimum absolute atomic E-state index is 0.0317. The minimum atomic E-state index is -2.06. The fourth-order valence-electron chi connectivity index (χ4n) is 7.76. The lowest BCUT2D eigenvalue weighted by molar-refractivity contribution is -0.251. The van der Waals surface area contributed by atoms with Crippen molar-refractivity contribution in [1.29, 1.82) is 5.26 Å². The molecule has 0 amide bonds. The van der Waals surface area contributed by atoms with Gasteiger partial charge in [-0.1, -0.05) is 12.1 Å². The Morgan fingerprint density at radius 2 is 1.89 bits per heavy atom. The van der Waals surface area contributed by atoms with Crippen molar-refractivity contribution in [2.24, 2.45) is 0 Å². The molecule has 0 saturated carbocycles. The highest BCUT2D eigenvalue weighted by molar-refractivity contribution is 6.31. The number of nitriles is 1. The molecule has 5 N–H and O–H groups in total. The summed E-state index contributed by atoms with van der Waals surface area (Å²) >= 11 is 0. The number of phenols is 2. The number of rotatable bonds is 5. The summed E-state index contributed by atoms with van der Waals surface area (Å²) in [6.45, 7) is 1.46. The van der Waals surface area contributed by atoms with Crippen LogP contribution in [-0.2, 0) is 25.4 Å². The number of phenolic OH excluding ortho intramolecular Hbond substituents is 2. The van der Waals surface area contributed by atoms with Crippen LogP contribution in [0.5, 0.6) is 17.2 Å². The first-order valence-electron chi connectivity index (χ1n) is 15.1. The van der Waals surface area contributed by atoms with Crippen LogP contribution in [0.15, 0.2) is 18.2 Å². The molecule has 3 saturated heterocycles. The summed E-state index contributed by atoms with van der Waals surface area (Å²) in [5, 5.41) is 65.2. The van der Waals surface area contributed by atoms with E-state index in [1.165, 1.54) is 25.3 Å². The number of nitrogens with zero attached hydrogens (tertiary/aromatic N) is 2. The normalized spacial score (nSPS) is 34.0. The van der Waals surface area contributed by atoms with Crippen molar-refractivity contribution in [2.75, 3.05) is 26.9 Å². The van der Waals surface area contributed by atoms with Crippen molar-refractivity contribution in [3.8, 4) is 23.3 Å². The lowest BCUT2D eigenvalue weighted by Crippen LogP contribution is -2.56. The number of benzene rings is 2. The van der Waals surface area contributed by atoms with Crippen molar-refractivity contribution in [3.63, 3.8) is 0 Å². The number of carbonyl (C=O) groups excluding carboxylic acids is 2. The Bertz CT molecular complexity index is 1660. The summed E-state index contributed by atoms with van der Waals surface area (Å²) in [5.74, 6) is -2.64. The maximum Gasteiger partial charge on any atom is 0.202 e. The van der Waals surface area contributed by atoms with Gasteiger partial charge in [-0.05, 0) is 13.0 Å². The van der Waals surface area contributed by atoms with Crippen LogP contribution in [0.2, 0.25) is 0 Å². The van der Waals surface area contributed by atoms with Crippen LogP contribution in [0.4, 0.5) is 0 Å². The van der Waals surface area contributed by atoms with E-state index >= 15 is 0 Å². The number of aliphatic hydroxyl groups excluding tert-OH is 2. The molecule has 0 radical (unpaired) electrons. The third-order valence-electron chi connectivity index (χ3n) is 9.93. The van der Waals surface area contributed by atoms with E-state index in [1.54, 1.807) is 6.92 Å². The molecule has 2 aromatic carbocycles. The zero-order valence-corrected chi connectivity index (χ0v) is 25.1. The van der Waals surface area contributed by atoms with Crippen LogP contribution in [0.3, 0.4) is 0 Å². The van der Waals surface area contributed by atoms with Gasteiger partial charge in [0, 0.05) is 42.0 Å². The van der Waals surface area contributed by atoms with Crippen LogP contribution in [-0.4, -0.2) is 117 Å². The molecule has 244 valence electrons. The van der Waals surface area contributed by atoms with Gasteiger partial charge in [0.05, 0.1) is 67.5 Å². The fourth-order valence-corrected chi connectivity index (χ4v) is 7.76. The van der Waals surface area contributed by atoms with Crippen LogP contribution in [0.25, 0.3) is 0 Å². The SMILES string of the molecule is COc1cccc2c1C(=O)c1c(O)c3c(c(O)c1C2=O)C[C@](O)(C(O)CO)C[C@H]3OC1CC2C(OC3COCC(C#N)N32)C(C)O1. The van der Waals surface area contributed by atoms with Crippen LogP contribution in [0.1, 0.15) is 68.8 Å². The van der Waals surface area contributed by atoms with Gasteiger partial charge in [-0.3, -0.25) is 14.5 Å². The molecule has 2 aromatic rings. The number of ether oxygens (including phenoxy) is 5. The quantitative estimate of drug-likeness (QED) is 0.240. The molecule has 3 aliphatic heterocycles. The molecule has 7 rings (SSSR count). The zero-order valence-electron chi connectivity index (χ0n) is 25.1. The Hall–Kier alpha value is -3.65. The Balaban J connectivity index is 1.31. The highest BCUT2D eigenvalue weighted by atomic mass is 16.7. The molecule has 14 nitrogen and oxygen atoms in total. The number of aliphatic hydroxyl groups is 3. The average Bonchev–Trinajstić information content (AvgIpc) is 3.43. The van der Waals surface area contributed by atoms with Crippen LogP contribution < -0.4 is 4.74 Å². The fraction of sp³-hybridized carbons (Fsp3) is 0.531. The average molecular weight is 639 g/mol. The standard InChI is InChI=1S/C32H34N2O12/c1-13-31-17(34-14(9-33)11-43-12-21(34)46-31)6-22(44-13)45-19-8-32(41,20(36)10-35)7-16-24(19)30(40)26-25(28(16)38)27(37)15-4-3-5-18(42-2)23(15)29(26)39/h3-5,13-14,17,19-22,31,35-36,38,40-41H,6-8,10-12H2,1-2H3/t13?,14?,17?,19-,20?,21?,22?,31?,32-/m1/s1. The molecule has 7 unspecified atom stereocenters. The topological polar surface area (TPSA) is 208 Å². The highest BCUT2D eigenvalue weighted by Gasteiger charge is 2.55. The number of aromatic hydroxyl groups is 2. The van der Waals surface area contributed by atoms with E-state index in [0.29, 0.717) is 0 Å². The largest absolute Gasteiger partial charge is 0.507 e. The second-order valence-electron chi connectivity index (χ2n) is 12.4. The summed E-state index contributed by atoms with van der Waals surface area (Å²) in [6.07, 6.45) is -5.91. The highest BCUT2D eigenvalue weighted by Crippen LogP contribution is 2.53. The van der Waals surface area contributed by atoms with Crippen molar-refractivity contribution < 1.29 is 58.8 Å². The maximum atomic E-state index is 13.9. The molecule has 14 heteroatoms. The molecule has 3 fully saturated rings. The van der Waals surface area contributed by atoms with E-state index in [4.69, 9.17) is 23.7 Å². The van der Waals surface area contributed by atoms with Gasteiger partial charge in [-0.25, -0.2) is 0 Å². The smallest absolute Gasteiger partial charge is 0.202 e. The first-order valence-corrected chi connectivity index (χ1v) is 15.1. The number of carbonyl (C=O) groups is 2. The van der Waals surface area contributed by atoms with Gasteiger partial charge in [0.25, 0.3) is 0 Å². The van der Waals surface area contributed by atoms with E-state index in [9.17, 15) is 40.4 Å². The van der Waals surface area contributed by atoms with E-state index in [-0.39, 0.29) is 60.1 Å². The third kappa shape index (κ3) is 4.46. The molecule has 0 aromatic heterocycles. The van der Waals surface area contributed by atoms with Crippen molar-refractivity contribution in [1.82, 2.24) is 4.90 Å². The third-order valence-corrected chi connectivity index (χ3v) is 9.93. The van der Waals surface area contributed by atoms with Gasteiger partial charge in [0.1, 0.15) is 41.7 Å². The molecule has 9 atom stereocenters. The molecule has 3 heterocycles. The van der Waals surface area contributed by atoms with E-state index in [1.807, 2.05) is 4.90 Å². The lowest BCUT2D eigenvalue weighted by Gasteiger charge is -2.45. The Kier molecular flexibility index (Phi) is 7.58. The number of fused-ring (bicyclic) bond motifs is 6. The van der Waals surface area contributed by atoms with E-state index < -0.39 is 95.8 Å². The minimum Gasteiger partial charge on any atom is -0.507 e. The predicted octanol–water partition coefficient (Wildman–Crippen LogP) is 0.423. The molecular weight excluding hydrogens is 604 g/mol. The van der Waals surface area contributed by atoms with Crippen molar-refractivity contribution in [3.05, 3.63) is 51.6 Å². The first-order chi connectivity index (χ1) is 22.0. The van der Waals surface area contributed by atoms with Crippen LogP contribution in [0, 0.1) is 11.3 Å². The van der Waals surface area contributed by atoms with Gasteiger partial charge in [-0.15, -0.1) is 0 Å². The summed E-state index contributed by atoms with van der Waals surface area (Å²) in [5.41, 5.74) is -3.21. The van der Waals surface area contributed by atoms with Gasteiger partial charge >= 0.3 is 0 Å². The number of ketones is 2. The number of hydrogen-bond acceptors (Lipinski definition) is 14. The van der Waals surface area contributed by atoms with Gasteiger partial charge < -0.3 is 49.2 Å². The maximum absolute atomic E-state index is 13.9. The lowest BCUT2D eigenvalue weighted by atomic mass is 9.71. The van der Waals surface area contributed by atoms with Gasteiger partial charge in [-0.2, -0.15) is 5.26 Å². The van der Waals surface area contributed by atoms with Crippen molar-refractivity contribution in [2.45, 2.75) is 80.8 Å². The van der Waals surface area contributed by atoms with E-state index in [0.717, 1.165) is 0 Å². The van der Waals surface area contributed by atoms with Crippen molar-refractivity contribution >= 4 is 11.6 Å². The molecule has 0 spiro atoms. The van der Waals surface area contributed by atoms with E-state index in [2.05, 4.69) is 6.07 Å². The molecule has 0 bridgehead atoms. The second kappa shape index (κ2) is 11.3. The van der Waals surface area contributed by atoms with Gasteiger partial charge in [0.2, 0.25) is 5.78 Å². The summed E-state index contributed by atoms with van der Waals surface area (Å²) in [6, 6.07) is 5.83. The summed E-state index contributed by atoms with van der Waals surface area (Å²) < 4.78 is 29.6. The van der Waals surface area contributed by atoms with Gasteiger partial charge in [0.15, 0.2) is 12.1 Å². The number of morpholine rings is 1. The molecule has 5 aliphatic rings. The second-order valence-corrected chi connectivity index (χ2v) is 12.4. The number of hydrogen-bond donors (Lipinski definition) is 5. The molecular formula is C32H34N2O12.